The highest BCUT2D eigenvalue weighted by Crippen LogP contribution is 2.06. The quantitative estimate of drug-likeness (QED) is 0.570. The number of ether oxygens (including phenoxy) is 2. The van der Waals surface area contributed by atoms with Crippen LogP contribution >= 0.6 is 31.9 Å². The first kappa shape index (κ1) is 9.62. The molecule has 0 aromatic heterocycles. The van der Waals surface area contributed by atoms with Gasteiger partial charge in [-0.1, -0.05) is 31.9 Å². The second kappa shape index (κ2) is 6.74. The van der Waals surface area contributed by atoms with E-state index in [-0.39, 0.29) is 0 Å². The summed E-state index contributed by atoms with van der Waals surface area (Å²) in [6.45, 7) is 0.870. The van der Waals surface area contributed by atoms with E-state index >= 15 is 0 Å². The highest BCUT2D eigenvalue weighted by Gasteiger charge is 1.88. The Morgan fingerprint density at radius 2 is 2.33 bits per heavy atom. The Labute approximate surface area is 71.5 Å². The largest absolute Gasteiger partial charge is 0.359 e. The Bertz CT molecular complexity index is 93.0. The van der Waals surface area contributed by atoms with Gasteiger partial charge < -0.3 is 9.47 Å². The van der Waals surface area contributed by atoms with Gasteiger partial charge in [-0.3, -0.25) is 0 Å². The van der Waals surface area contributed by atoms with Gasteiger partial charge in [0.05, 0.1) is 6.61 Å². The summed E-state index contributed by atoms with van der Waals surface area (Å²) in [6.07, 6.45) is 0. The molecular weight excluding hydrogens is 252 g/mol. The molecular formula is C5H8Br2O2. The summed E-state index contributed by atoms with van der Waals surface area (Å²) in [5, 5.41) is 0. The molecule has 0 saturated heterocycles. The minimum atomic E-state index is 0.329. The molecule has 0 fully saturated rings. The van der Waals surface area contributed by atoms with Crippen molar-refractivity contribution in [3.05, 3.63) is 9.47 Å². The van der Waals surface area contributed by atoms with E-state index in [1.807, 2.05) is 0 Å². The van der Waals surface area contributed by atoms with Crippen LogP contribution in [0.15, 0.2) is 9.47 Å². The molecule has 4 heteroatoms. The van der Waals surface area contributed by atoms with Crippen molar-refractivity contribution in [1.82, 2.24) is 0 Å². The second-order valence-corrected chi connectivity index (χ2v) is 2.79. The summed E-state index contributed by atoms with van der Waals surface area (Å²) < 4.78 is 10.6. The number of halogens is 2. The van der Waals surface area contributed by atoms with Crippen LogP contribution in [0.25, 0.3) is 0 Å². The number of hydrogen-bond donors (Lipinski definition) is 0. The molecule has 0 unspecified atom stereocenters. The van der Waals surface area contributed by atoms with E-state index in [0.29, 0.717) is 13.4 Å². The van der Waals surface area contributed by atoms with Crippen LogP contribution in [-0.4, -0.2) is 20.5 Å². The van der Waals surface area contributed by atoms with E-state index in [9.17, 15) is 0 Å². The van der Waals surface area contributed by atoms with Crippen molar-refractivity contribution >= 4 is 31.9 Å². The topological polar surface area (TPSA) is 18.5 Å². The molecule has 0 atom stereocenters. The standard InChI is InChI=1S/C5H8Br2O2/c1-8-4-9-3-5(7)2-6/h2H,3-4H2,1H3. The second-order valence-electron chi connectivity index (χ2n) is 1.31. The molecule has 0 heterocycles. The van der Waals surface area contributed by atoms with Crippen LogP contribution in [0.4, 0.5) is 0 Å². The number of rotatable bonds is 4. The molecule has 0 radical (unpaired) electrons. The summed E-state index contributed by atoms with van der Waals surface area (Å²) in [5.41, 5.74) is 0. The predicted molar refractivity (Wildman–Crippen MR) is 43.8 cm³/mol. The molecule has 0 amide bonds. The van der Waals surface area contributed by atoms with Gasteiger partial charge >= 0.3 is 0 Å². The van der Waals surface area contributed by atoms with Crippen molar-refractivity contribution in [3.8, 4) is 0 Å². The molecule has 0 aromatic rings. The SMILES string of the molecule is COCOCC(Br)=CBr. The maximum absolute atomic E-state index is 4.97. The summed E-state index contributed by atoms with van der Waals surface area (Å²) in [5.74, 6) is 0. The van der Waals surface area contributed by atoms with Crippen LogP contribution in [0.3, 0.4) is 0 Å². The first-order valence-electron chi connectivity index (χ1n) is 2.32. The molecule has 0 bridgehead atoms. The Balaban J connectivity index is 3.07. The average molecular weight is 260 g/mol. The van der Waals surface area contributed by atoms with Crippen LogP contribution < -0.4 is 0 Å². The molecule has 0 saturated carbocycles. The third-order valence-corrected chi connectivity index (χ3v) is 2.18. The lowest BCUT2D eigenvalue weighted by molar-refractivity contribution is -0.0192. The molecule has 0 aromatic carbocycles. The van der Waals surface area contributed by atoms with Gasteiger partial charge in [0.1, 0.15) is 6.79 Å². The lowest BCUT2D eigenvalue weighted by Crippen LogP contribution is -1.97. The molecule has 0 spiro atoms. The molecule has 0 aliphatic rings. The summed E-state index contributed by atoms with van der Waals surface area (Å²) in [7, 11) is 1.59. The van der Waals surface area contributed by atoms with E-state index in [0.717, 1.165) is 4.48 Å². The predicted octanol–water partition coefficient (Wildman–Crippen LogP) is 2.24. The maximum Gasteiger partial charge on any atom is 0.146 e. The lowest BCUT2D eigenvalue weighted by Gasteiger charge is -1.98. The van der Waals surface area contributed by atoms with Crippen molar-refractivity contribution in [2.75, 3.05) is 20.5 Å². The molecule has 0 aliphatic heterocycles. The van der Waals surface area contributed by atoms with Crippen LogP contribution in [0.1, 0.15) is 0 Å². The highest BCUT2D eigenvalue weighted by molar-refractivity contribution is 9.14. The van der Waals surface area contributed by atoms with Gasteiger partial charge in [0, 0.05) is 11.6 Å². The van der Waals surface area contributed by atoms with E-state index in [2.05, 4.69) is 36.6 Å². The zero-order chi connectivity index (χ0) is 7.11. The van der Waals surface area contributed by atoms with Gasteiger partial charge in [-0.15, -0.1) is 0 Å². The van der Waals surface area contributed by atoms with Crippen LogP contribution in [0.5, 0.6) is 0 Å². The minimum Gasteiger partial charge on any atom is -0.359 e. The Kier molecular flexibility index (Phi) is 7.20. The fraction of sp³-hybridized carbons (Fsp3) is 0.600. The minimum absolute atomic E-state index is 0.329. The van der Waals surface area contributed by atoms with Gasteiger partial charge in [0.15, 0.2) is 0 Å². The Morgan fingerprint density at radius 3 is 2.78 bits per heavy atom. The third kappa shape index (κ3) is 6.51. The van der Waals surface area contributed by atoms with Crippen LogP contribution in [0.2, 0.25) is 0 Å². The molecule has 2 nitrogen and oxygen atoms in total. The van der Waals surface area contributed by atoms with Crippen LogP contribution in [-0.2, 0) is 9.47 Å². The fourth-order valence-corrected chi connectivity index (χ4v) is 0.548. The zero-order valence-corrected chi connectivity index (χ0v) is 8.24. The fourth-order valence-electron chi connectivity index (χ4n) is 0.254. The number of hydrogen-bond acceptors (Lipinski definition) is 2. The summed E-state index contributed by atoms with van der Waals surface area (Å²) in [4.78, 5) is 1.75. The first-order chi connectivity index (χ1) is 4.31. The smallest absolute Gasteiger partial charge is 0.146 e. The Morgan fingerprint density at radius 1 is 1.67 bits per heavy atom. The van der Waals surface area contributed by atoms with Gasteiger partial charge in [-0.2, -0.15) is 0 Å². The number of methoxy groups -OCH3 is 1. The van der Waals surface area contributed by atoms with Crippen LogP contribution in [0, 0.1) is 0 Å². The zero-order valence-electron chi connectivity index (χ0n) is 5.06. The van der Waals surface area contributed by atoms with E-state index in [1.54, 1.807) is 12.1 Å². The normalized spacial score (nSPS) is 12.1. The Hall–Kier alpha value is 0.620. The van der Waals surface area contributed by atoms with Gasteiger partial charge in [-0.25, -0.2) is 0 Å². The molecule has 0 N–H and O–H groups in total. The average Bonchev–Trinajstić information content (AvgIpc) is 1.89. The third-order valence-electron chi connectivity index (χ3n) is 0.560. The molecule has 0 rings (SSSR count). The van der Waals surface area contributed by atoms with E-state index in [4.69, 9.17) is 4.74 Å². The van der Waals surface area contributed by atoms with Crippen molar-refractivity contribution in [3.63, 3.8) is 0 Å². The van der Waals surface area contributed by atoms with Gasteiger partial charge in [0.25, 0.3) is 0 Å². The summed E-state index contributed by atoms with van der Waals surface area (Å²) >= 11 is 6.38. The lowest BCUT2D eigenvalue weighted by atomic mass is 10.7. The van der Waals surface area contributed by atoms with Crippen molar-refractivity contribution in [1.29, 1.82) is 0 Å². The first-order valence-corrected chi connectivity index (χ1v) is 4.03. The molecule has 0 aliphatic carbocycles. The van der Waals surface area contributed by atoms with Crippen molar-refractivity contribution < 1.29 is 9.47 Å². The van der Waals surface area contributed by atoms with Gasteiger partial charge in [0.2, 0.25) is 0 Å². The van der Waals surface area contributed by atoms with Crippen molar-refractivity contribution in [2.24, 2.45) is 0 Å². The molecule has 9 heavy (non-hydrogen) atoms. The highest BCUT2D eigenvalue weighted by atomic mass is 79.9. The van der Waals surface area contributed by atoms with Crippen molar-refractivity contribution in [2.45, 2.75) is 0 Å². The summed E-state index contributed by atoms with van der Waals surface area (Å²) in [6, 6.07) is 0. The monoisotopic (exact) mass is 258 g/mol. The maximum atomic E-state index is 4.97. The molecule has 54 valence electrons. The van der Waals surface area contributed by atoms with E-state index in [1.165, 1.54) is 0 Å². The van der Waals surface area contributed by atoms with E-state index < -0.39 is 0 Å². The van der Waals surface area contributed by atoms with Gasteiger partial charge in [-0.05, 0) is 4.99 Å².